The van der Waals surface area contributed by atoms with Crippen LogP contribution < -0.4 is 10.1 Å². The molecule has 1 N–H and O–H groups in total. The van der Waals surface area contributed by atoms with E-state index in [1.165, 1.54) is 7.11 Å². The molecule has 3 rings (SSSR count). The van der Waals surface area contributed by atoms with Gasteiger partial charge in [0.15, 0.2) is 0 Å². The lowest BCUT2D eigenvalue weighted by Gasteiger charge is -2.12. The lowest BCUT2D eigenvalue weighted by molar-refractivity contribution is 0.0938. The van der Waals surface area contributed by atoms with Crippen LogP contribution in [0.5, 0.6) is 5.75 Å². The van der Waals surface area contributed by atoms with Crippen LogP contribution in [0, 0.1) is 0 Å². The summed E-state index contributed by atoms with van der Waals surface area (Å²) in [6.45, 7) is 1.87. The Labute approximate surface area is 156 Å². The number of halogens is 1. The molecule has 0 aliphatic rings. The zero-order chi connectivity index (χ0) is 18.5. The number of hydrogen-bond donors (Lipinski definition) is 1. The van der Waals surface area contributed by atoms with Gasteiger partial charge in [0.05, 0.1) is 7.11 Å². The quantitative estimate of drug-likeness (QED) is 0.713. The van der Waals surface area contributed by atoms with E-state index in [9.17, 15) is 4.79 Å². The van der Waals surface area contributed by atoms with E-state index in [0.717, 1.165) is 5.56 Å². The second kappa shape index (κ2) is 8.01. The van der Waals surface area contributed by atoms with Gasteiger partial charge in [-0.2, -0.15) is 4.98 Å². The molecule has 1 aromatic heterocycles. The van der Waals surface area contributed by atoms with Gasteiger partial charge in [-0.1, -0.05) is 47.1 Å². The van der Waals surface area contributed by atoms with Crippen molar-refractivity contribution in [1.29, 1.82) is 0 Å². The maximum atomic E-state index is 12.4. The molecule has 0 saturated heterocycles. The van der Waals surface area contributed by atoms with Crippen molar-refractivity contribution in [3.63, 3.8) is 0 Å². The second-order valence-electron chi connectivity index (χ2n) is 5.84. The van der Waals surface area contributed by atoms with E-state index in [2.05, 4.69) is 15.5 Å². The Kier molecular flexibility index (Phi) is 5.53. The van der Waals surface area contributed by atoms with Crippen LogP contribution in [-0.4, -0.2) is 29.2 Å². The van der Waals surface area contributed by atoms with Gasteiger partial charge in [-0.15, -0.1) is 0 Å². The number of amides is 1. The first kappa shape index (κ1) is 17.9. The molecule has 26 heavy (non-hydrogen) atoms. The van der Waals surface area contributed by atoms with Crippen molar-refractivity contribution in [1.82, 2.24) is 15.5 Å². The van der Waals surface area contributed by atoms with Crippen molar-refractivity contribution >= 4 is 17.5 Å². The summed E-state index contributed by atoms with van der Waals surface area (Å²) in [5.41, 5.74) is 1.31. The Hall–Kier alpha value is -2.86. The minimum atomic E-state index is -0.249. The Bertz CT molecular complexity index is 896. The van der Waals surface area contributed by atoms with Gasteiger partial charge in [0, 0.05) is 28.6 Å². The zero-order valence-corrected chi connectivity index (χ0v) is 15.2. The number of rotatable bonds is 6. The Morgan fingerprint density at radius 2 is 2.04 bits per heavy atom. The molecule has 1 unspecified atom stereocenters. The number of hydrogen-bond acceptors (Lipinski definition) is 5. The highest BCUT2D eigenvalue weighted by atomic mass is 35.5. The highest BCUT2D eigenvalue weighted by Gasteiger charge is 2.16. The zero-order valence-electron chi connectivity index (χ0n) is 14.4. The maximum Gasteiger partial charge on any atom is 0.251 e. The summed E-state index contributed by atoms with van der Waals surface area (Å²) in [4.78, 5) is 16.8. The fourth-order valence-electron chi connectivity index (χ4n) is 2.47. The van der Waals surface area contributed by atoms with Crippen molar-refractivity contribution in [2.24, 2.45) is 0 Å². The first-order chi connectivity index (χ1) is 12.5. The first-order valence-corrected chi connectivity index (χ1v) is 8.46. The molecule has 0 radical (unpaired) electrons. The van der Waals surface area contributed by atoms with Gasteiger partial charge in [-0.3, -0.25) is 4.79 Å². The fourth-order valence-corrected chi connectivity index (χ4v) is 2.70. The molecule has 2 aromatic carbocycles. The highest BCUT2D eigenvalue weighted by Crippen LogP contribution is 2.21. The molecule has 1 heterocycles. The smallest absolute Gasteiger partial charge is 0.251 e. The summed E-state index contributed by atoms with van der Waals surface area (Å²) in [5.74, 6) is 1.26. The standard InChI is InChI=1S/C19H18ClN3O3/c1-12(21-19(24)14-9-15(20)11-16(10-14)25-2)8-17-22-18(23-26-17)13-6-4-3-5-7-13/h3-7,9-12H,8H2,1-2H3,(H,21,24). The normalized spacial score (nSPS) is 11.8. The van der Waals surface area contributed by atoms with Crippen molar-refractivity contribution < 1.29 is 14.1 Å². The molecule has 1 amide bonds. The van der Waals surface area contributed by atoms with Crippen LogP contribution >= 0.6 is 11.6 Å². The Morgan fingerprint density at radius 3 is 2.77 bits per heavy atom. The predicted octanol–water partition coefficient (Wildman–Crippen LogP) is 3.76. The molecule has 0 saturated carbocycles. The summed E-state index contributed by atoms with van der Waals surface area (Å²) >= 11 is 6.01. The Morgan fingerprint density at radius 1 is 1.27 bits per heavy atom. The first-order valence-electron chi connectivity index (χ1n) is 8.08. The maximum absolute atomic E-state index is 12.4. The summed E-state index contributed by atoms with van der Waals surface area (Å²) in [6, 6.07) is 14.2. The molecular weight excluding hydrogens is 354 g/mol. The molecule has 0 spiro atoms. The van der Waals surface area contributed by atoms with Crippen molar-refractivity contribution in [2.75, 3.05) is 7.11 Å². The fraction of sp³-hybridized carbons (Fsp3) is 0.211. The topological polar surface area (TPSA) is 77.2 Å². The van der Waals surface area contributed by atoms with E-state index in [-0.39, 0.29) is 11.9 Å². The number of carbonyl (C=O) groups is 1. The number of aromatic nitrogens is 2. The van der Waals surface area contributed by atoms with E-state index >= 15 is 0 Å². The highest BCUT2D eigenvalue weighted by molar-refractivity contribution is 6.31. The third kappa shape index (κ3) is 4.40. The van der Waals surface area contributed by atoms with Crippen LogP contribution in [0.1, 0.15) is 23.2 Å². The van der Waals surface area contributed by atoms with Crippen molar-refractivity contribution in [2.45, 2.75) is 19.4 Å². The second-order valence-corrected chi connectivity index (χ2v) is 6.27. The summed E-state index contributed by atoms with van der Waals surface area (Å²) < 4.78 is 10.4. The summed E-state index contributed by atoms with van der Waals surface area (Å²) in [7, 11) is 1.52. The third-order valence-electron chi connectivity index (χ3n) is 3.73. The average Bonchev–Trinajstić information content (AvgIpc) is 3.10. The Balaban J connectivity index is 1.64. The van der Waals surface area contributed by atoms with Crippen molar-refractivity contribution in [3.8, 4) is 17.1 Å². The number of carbonyl (C=O) groups excluding carboxylic acids is 1. The van der Waals surface area contributed by atoms with E-state index < -0.39 is 0 Å². The molecule has 134 valence electrons. The summed E-state index contributed by atoms with van der Waals surface area (Å²) in [6.07, 6.45) is 0.420. The van der Waals surface area contributed by atoms with Gasteiger partial charge in [0.25, 0.3) is 5.91 Å². The van der Waals surface area contributed by atoms with E-state index in [4.69, 9.17) is 20.9 Å². The molecule has 3 aromatic rings. The van der Waals surface area contributed by atoms with Crippen LogP contribution in [0.4, 0.5) is 0 Å². The number of methoxy groups -OCH3 is 1. The predicted molar refractivity (Wildman–Crippen MR) is 98.4 cm³/mol. The monoisotopic (exact) mass is 371 g/mol. The van der Waals surface area contributed by atoms with Crippen LogP contribution in [0.2, 0.25) is 5.02 Å². The van der Waals surface area contributed by atoms with Gasteiger partial charge < -0.3 is 14.6 Å². The lowest BCUT2D eigenvalue weighted by Crippen LogP contribution is -2.34. The van der Waals surface area contributed by atoms with Gasteiger partial charge in [0.2, 0.25) is 11.7 Å². The van der Waals surface area contributed by atoms with E-state index in [1.807, 2.05) is 37.3 Å². The van der Waals surface area contributed by atoms with Gasteiger partial charge in [-0.25, -0.2) is 0 Å². The van der Waals surface area contributed by atoms with Crippen LogP contribution in [-0.2, 0) is 6.42 Å². The number of ether oxygens (including phenoxy) is 1. The molecule has 0 aliphatic carbocycles. The van der Waals surface area contributed by atoms with Crippen LogP contribution in [0.3, 0.4) is 0 Å². The SMILES string of the molecule is COc1cc(Cl)cc(C(=O)NC(C)Cc2nc(-c3ccccc3)no2)c1. The van der Waals surface area contributed by atoms with E-state index in [0.29, 0.717) is 34.5 Å². The average molecular weight is 372 g/mol. The number of nitrogens with zero attached hydrogens (tertiary/aromatic N) is 2. The molecular formula is C19H18ClN3O3. The largest absolute Gasteiger partial charge is 0.497 e. The summed E-state index contributed by atoms with van der Waals surface area (Å²) in [5, 5.41) is 7.31. The minimum absolute atomic E-state index is 0.198. The van der Waals surface area contributed by atoms with Crippen molar-refractivity contribution in [3.05, 3.63) is 65.0 Å². The number of benzene rings is 2. The molecule has 1 atom stereocenters. The van der Waals surface area contributed by atoms with Crippen LogP contribution in [0.25, 0.3) is 11.4 Å². The molecule has 6 nitrogen and oxygen atoms in total. The van der Waals surface area contributed by atoms with Gasteiger partial charge >= 0.3 is 0 Å². The van der Waals surface area contributed by atoms with Gasteiger partial charge in [-0.05, 0) is 25.1 Å². The molecule has 0 fully saturated rings. The molecule has 0 bridgehead atoms. The third-order valence-corrected chi connectivity index (χ3v) is 3.95. The minimum Gasteiger partial charge on any atom is -0.497 e. The number of nitrogens with one attached hydrogen (secondary N) is 1. The van der Waals surface area contributed by atoms with Crippen LogP contribution in [0.15, 0.2) is 53.1 Å². The molecule has 7 heteroatoms. The molecule has 0 aliphatic heterocycles. The van der Waals surface area contributed by atoms with E-state index in [1.54, 1.807) is 18.2 Å². The van der Waals surface area contributed by atoms with Gasteiger partial charge in [0.1, 0.15) is 5.75 Å². The lowest BCUT2D eigenvalue weighted by atomic mass is 10.1.